The largest absolute Gasteiger partial charge is 0.478 e. The molecule has 1 aromatic rings. The third kappa shape index (κ3) is 7.02. The number of pyridine rings is 1. The molecule has 1 heterocycles. The maximum absolute atomic E-state index is 12.6. The van der Waals surface area contributed by atoms with E-state index >= 15 is 0 Å². The Morgan fingerprint density at radius 2 is 1.54 bits per heavy atom. The smallest absolute Gasteiger partial charge is 0.425 e. The number of amides is 2. The van der Waals surface area contributed by atoms with Crippen LogP contribution in [-0.4, -0.2) is 39.4 Å². The molecule has 1 aromatic heterocycles. The normalized spacial score (nSPS) is 11.5. The number of carboxylic acids is 1. The average Bonchev–Trinajstić information content (AvgIpc) is 2.46. The second-order valence-electron chi connectivity index (χ2n) is 8.35. The highest BCUT2D eigenvalue weighted by atomic mass is 16.6. The topological polar surface area (TPSA) is 106 Å². The van der Waals surface area contributed by atoms with Crippen molar-refractivity contribution in [2.45, 2.75) is 66.1 Å². The van der Waals surface area contributed by atoms with Crippen LogP contribution in [-0.2, 0) is 20.7 Å². The minimum absolute atomic E-state index is 0.00814. The molecule has 1 N–H and O–H groups in total. The van der Waals surface area contributed by atoms with E-state index in [1.807, 2.05) is 0 Å². The zero-order chi connectivity index (χ0) is 21.9. The summed E-state index contributed by atoms with van der Waals surface area (Å²) in [4.78, 5) is 41.1. The maximum atomic E-state index is 12.6. The Labute approximate surface area is 165 Å². The number of carbonyl (C=O) groups excluding carboxylic acids is 2. The summed E-state index contributed by atoms with van der Waals surface area (Å²) in [6.07, 6.45) is -0.346. The van der Waals surface area contributed by atoms with Crippen molar-refractivity contribution >= 4 is 24.0 Å². The number of hydrogen-bond donors (Lipinski definition) is 1. The molecule has 0 bridgehead atoms. The molecule has 0 atom stereocenters. The molecule has 0 fully saturated rings. The number of carboxylic acid groups (broad SMARTS) is 1. The van der Waals surface area contributed by atoms with Crippen molar-refractivity contribution in [1.29, 1.82) is 0 Å². The Kier molecular flexibility index (Phi) is 6.95. The third-order valence-corrected chi connectivity index (χ3v) is 3.29. The molecule has 0 saturated heterocycles. The van der Waals surface area contributed by atoms with Crippen LogP contribution in [0.5, 0.6) is 0 Å². The van der Waals surface area contributed by atoms with Gasteiger partial charge in [0.15, 0.2) is 0 Å². The summed E-state index contributed by atoms with van der Waals surface area (Å²) >= 11 is 0. The summed E-state index contributed by atoms with van der Waals surface area (Å²) in [5.41, 5.74) is -0.389. The van der Waals surface area contributed by atoms with Crippen LogP contribution in [0.4, 0.5) is 15.4 Å². The lowest BCUT2D eigenvalue weighted by Crippen LogP contribution is -2.44. The highest BCUT2D eigenvalue weighted by molar-refractivity contribution is 6.08. The van der Waals surface area contributed by atoms with Crippen molar-refractivity contribution in [1.82, 2.24) is 4.98 Å². The Morgan fingerprint density at radius 1 is 1.07 bits per heavy atom. The van der Waals surface area contributed by atoms with Gasteiger partial charge in [0.05, 0.1) is 0 Å². The van der Waals surface area contributed by atoms with Gasteiger partial charge in [-0.15, -0.1) is 0 Å². The predicted octanol–water partition coefficient (Wildman–Crippen LogP) is 4.25. The van der Waals surface area contributed by atoms with Gasteiger partial charge in [0, 0.05) is 18.2 Å². The summed E-state index contributed by atoms with van der Waals surface area (Å²) in [5.74, 6) is -1.08. The van der Waals surface area contributed by atoms with E-state index < -0.39 is 29.4 Å². The molecular weight excluding hydrogens is 364 g/mol. The number of ether oxygens (including phenoxy) is 2. The van der Waals surface area contributed by atoms with Crippen molar-refractivity contribution < 1.29 is 29.0 Å². The molecule has 0 aliphatic carbocycles. The zero-order valence-electron chi connectivity index (χ0n) is 17.5. The average molecular weight is 392 g/mol. The fourth-order valence-electron chi connectivity index (χ4n) is 2.06. The number of imide groups is 1. The van der Waals surface area contributed by atoms with Gasteiger partial charge in [0.2, 0.25) is 0 Å². The molecule has 154 valence electrons. The number of nitrogens with zero attached hydrogens (tertiary/aromatic N) is 2. The van der Waals surface area contributed by atoms with E-state index in [-0.39, 0.29) is 17.8 Å². The van der Waals surface area contributed by atoms with Crippen molar-refractivity contribution in [3.05, 3.63) is 35.5 Å². The SMILES string of the molecule is C=C(Cc1cnc(N(C(=O)OC(C)(C)C)C(=O)OC(C)(C)C)cc1C)C(=O)O. The van der Waals surface area contributed by atoms with Crippen LogP contribution in [0.3, 0.4) is 0 Å². The lowest BCUT2D eigenvalue weighted by molar-refractivity contribution is -0.132. The van der Waals surface area contributed by atoms with Gasteiger partial charge >= 0.3 is 18.2 Å². The Bertz CT molecular complexity index is 759. The Hall–Kier alpha value is -2.90. The van der Waals surface area contributed by atoms with E-state index in [0.29, 0.717) is 11.1 Å². The van der Waals surface area contributed by atoms with Gasteiger partial charge in [-0.2, -0.15) is 4.90 Å². The molecule has 0 aliphatic heterocycles. The van der Waals surface area contributed by atoms with Crippen LogP contribution in [0.25, 0.3) is 0 Å². The third-order valence-electron chi connectivity index (χ3n) is 3.29. The molecule has 0 radical (unpaired) electrons. The standard InChI is InChI=1S/C20H28N2O6/c1-12-10-15(21-11-14(12)9-13(2)16(23)24)22(17(25)27-19(3,4)5)18(26)28-20(6,7)8/h10-11H,2,9H2,1,3-8H3,(H,23,24). The van der Waals surface area contributed by atoms with Crippen LogP contribution >= 0.6 is 0 Å². The Balaban J connectivity index is 3.28. The second-order valence-corrected chi connectivity index (χ2v) is 8.35. The quantitative estimate of drug-likeness (QED) is 0.763. The first-order chi connectivity index (χ1) is 12.6. The lowest BCUT2D eigenvalue weighted by Gasteiger charge is -2.28. The van der Waals surface area contributed by atoms with Crippen LogP contribution < -0.4 is 4.90 Å². The first-order valence-electron chi connectivity index (χ1n) is 8.73. The summed E-state index contributed by atoms with van der Waals surface area (Å²) < 4.78 is 10.6. The van der Waals surface area contributed by atoms with Crippen LogP contribution in [0, 0.1) is 6.92 Å². The van der Waals surface area contributed by atoms with E-state index in [2.05, 4.69) is 11.6 Å². The maximum Gasteiger partial charge on any atom is 0.425 e. The number of aromatic nitrogens is 1. The lowest BCUT2D eigenvalue weighted by atomic mass is 10.0. The molecule has 0 aliphatic rings. The fraction of sp³-hybridized carbons (Fsp3) is 0.500. The van der Waals surface area contributed by atoms with Crippen LogP contribution in [0.15, 0.2) is 24.4 Å². The Morgan fingerprint density at radius 3 is 1.89 bits per heavy atom. The zero-order valence-corrected chi connectivity index (χ0v) is 17.5. The first kappa shape index (κ1) is 23.1. The number of anilines is 1. The van der Waals surface area contributed by atoms with Gasteiger partial charge in [0.1, 0.15) is 17.0 Å². The van der Waals surface area contributed by atoms with E-state index in [0.717, 1.165) is 4.90 Å². The molecule has 1 rings (SSSR count). The van der Waals surface area contributed by atoms with Crippen LogP contribution in [0.2, 0.25) is 0 Å². The van der Waals surface area contributed by atoms with E-state index in [9.17, 15) is 14.4 Å². The van der Waals surface area contributed by atoms with E-state index in [1.54, 1.807) is 48.5 Å². The molecule has 0 spiro atoms. The van der Waals surface area contributed by atoms with Gasteiger partial charge < -0.3 is 14.6 Å². The number of rotatable bonds is 4. The number of aliphatic carboxylic acids is 1. The van der Waals surface area contributed by atoms with Gasteiger partial charge in [0.25, 0.3) is 0 Å². The molecule has 8 nitrogen and oxygen atoms in total. The van der Waals surface area contributed by atoms with Crippen LogP contribution in [0.1, 0.15) is 52.7 Å². The molecule has 0 unspecified atom stereocenters. The van der Waals surface area contributed by atoms with Gasteiger partial charge in [-0.05, 0) is 65.7 Å². The molecule has 0 saturated carbocycles. The fourth-order valence-corrected chi connectivity index (χ4v) is 2.06. The number of aryl methyl sites for hydroxylation is 1. The highest BCUT2D eigenvalue weighted by Gasteiger charge is 2.33. The van der Waals surface area contributed by atoms with Crippen molar-refractivity contribution in [2.75, 3.05) is 4.90 Å². The first-order valence-corrected chi connectivity index (χ1v) is 8.73. The van der Waals surface area contributed by atoms with Gasteiger partial charge in [-0.1, -0.05) is 6.58 Å². The monoisotopic (exact) mass is 392 g/mol. The summed E-state index contributed by atoms with van der Waals surface area (Å²) in [5, 5.41) is 8.99. The molecule has 28 heavy (non-hydrogen) atoms. The molecule has 2 amide bonds. The van der Waals surface area contributed by atoms with Gasteiger partial charge in [-0.25, -0.2) is 19.4 Å². The van der Waals surface area contributed by atoms with Crippen molar-refractivity contribution in [2.24, 2.45) is 0 Å². The molecular formula is C20H28N2O6. The molecule has 0 aromatic carbocycles. The summed E-state index contributed by atoms with van der Waals surface area (Å²) in [6.45, 7) is 15.3. The number of carbonyl (C=O) groups is 3. The van der Waals surface area contributed by atoms with E-state index in [1.165, 1.54) is 12.3 Å². The van der Waals surface area contributed by atoms with E-state index in [4.69, 9.17) is 14.6 Å². The van der Waals surface area contributed by atoms with Crippen molar-refractivity contribution in [3.63, 3.8) is 0 Å². The summed E-state index contributed by atoms with van der Waals surface area (Å²) in [6, 6.07) is 1.50. The van der Waals surface area contributed by atoms with Crippen molar-refractivity contribution in [3.8, 4) is 0 Å². The highest BCUT2D eigenvalue weighted by Crippen LogP contribution is 2.23. The minimum atomic E-state index is -1.10. The minimum Gasteiger partial charge on any atom is -0.478 e. The molecule has 8 heteroatoms. The number of hydrogen-bond acceptors (Lipinski definition) is 6. The summed E-state index contributed by atoms with van der Waals surface area (Å²) in [7, 11) is 0. The predicted molar refractivity (Wildman–Crippen MR) is 104 cm³/mol. The van der Waals surface area contributed by atoms with Gasteiger partial charge in [-0.3, -0.25) is 0 Å². The second kappa shape index (κ2) is 8.41.